The maximum atomic E-state index is 9.75. The van der Waals surface area contributed by atoms with E-state index in [4.69, 9.17) is 24.8 Å². The molecule has 11 aliphatic heterocycles. The fraction of sp³-hybridized carbons (Fsp3) is 0.376. The molecular weight excluding hydrogens is 1700 g/mol. The average molecular weight is 1830 g/mol. The molecule has 10 aromatic heterocycles. The summed E-state index contributed by atoms with van der Waals surface area (Å²) in [4.78, 5) is 47.1. The number of nitrogens with zero attached hydrogens (tertiary/aromatic N) is 15. The molecule has 137 heavy (non-hydrogen) atoms. The van der Waals surface area contributed by atoms with Gasteiger partial charge in [-0.25, -0.2) is 24.9 Å². The van der Waals surface area contributed by atoms with Crippen molar-refractivity contribution in [2.75, 3.05) is 69.7 Å². The van der Waals surface area contributed by atoms with Crippen molar-refractivity contribution in [1.29, 1.82) is 0 Å². The first-order chi connectivity index (χ1) is 68.3. The summed E-state index contributed by atoms with van der Waals surface area (Å²) in [5.74, 6) is 0. The lowest BCUT2D eigenvalue weighted by Crippen LogP contribution is -2.56. The topological polar surface area (TPSA) is 163 Å². The maximum absolute atomic E-state index is 9.75. The Balaban J connectivity index is 0.0000000962. The van der Waals surface area contributed by atoms with Gasteiger partial charge in [-0.15, -0.1) is 0 Å². The molecule has 31 rings (SSSR count). The quantitative estimate of drug-likeness (QED) is 0.160. The van der Waals surface area contributed by atoms with Gasteiger partial charge in [0.05, 0.1) is 72.7 Å². The zero-order valence-electron chi connectivity index (χ0n) is 86.8. The van der Waals surface area contributed by atoms with Crippen molar-refractivity contribution in [2.45, 2.75) is 248 Å². The summed E-state index contributed by atoms with van der Waals surface area (Å²) in [6.07, 6.45) is 9.29. The first kappa shape index (κ1) is 81.3. The van der Waals surface area contributed by atoms with Crippen LogP contribution in [-0.2, 0) is 12.9 Å². The van der Waals surface area contributed by atoms with Crippen molar-refractivity contribution in [3.8, 4) is 0 Å². The molecule has 7 saturated heterocycles. The van der Waals surface area contributed by atoms with E-state index in [1.807, 2.05) is 114 Å². The lowest BCUT2D eigenvalue weighted by atomic mass is 9.95. The van der Waals surface area contributed by atoms with E-state index in [-0.39, 0.29) is 24.5 Å². The van der Waals surface area contributed by atoms with Gasteiger partial charge in [0.2, 0.25) is 28.6 Å². The first-order valence-electron chi connectivity index (χ1n) is 52.2. The molecule has 21 heterocycles. The molecule has 20 heteroatoms. The third-order valence-electron chi connectivity index (χ3n) is 32.3. The summed E-state index contributed by atoms with van der Waals surface area (Å²) >= 11 is 0. The van der Waals surface area contributed by atoms with E-state index in [9.17, 15) is 4.11 Å². The van der Waals surface area contributed by atoms with Gasteiger partial charge in [-0.1, -0.05) is 127 Å². The Morgan fingerprint density at radius 2 is 0.672 bits per heavy atom. The van der Waals surface area contributed by atoms with Crippen LogP contribution >= 0.6 is 0 Å². The Bertz CT molecular complexity index is 7990. The summed E-state index contributed by atoms with van der Waals surface area (Å²) < 4.78 is 77.8. The minimum atomic E-state index is -1.66. The number of fused-ring (bicyclic) bond motifs is 30. The minimum absolute atomic E-state index is 0.00434. The Morgan fingerprint density at radius 1 is 0.299 bits per heavy atom. The third kappa shape index (κ3) is 14.3. The highest BCUT2D eigenvalue weighted by Gasteiger charge is 2.49. The number of anilines is 6. The molecule has 698 valence electrons. The van der Waals surface area contributed by atoms with Crippen molar-refractivity contribution >= 4 is 144 Å². The fourth-order valence-corrected chi connectivity index (χ4v) is 25.1. The van der Waals surface area contributed by atoms with Gasteiger partial charge >= 0.3 is 0 Å². The summed E-state index contributed by atoms with van der Waals surface area (Å²) in [5, 5.41) is 10.8. The average Bonchev–Trinajstić information content (AvgIpc) is 1.54. The number of pyridine rings is 5. The van der Waals surface area contributed by atoms with Crippen molar-refractivity contribution in [2.24, 2.45) is 0 Å². The number of furan rings is 5. The monoisotopic (exact) mass is 1830 g/mol. The molecule has 10 bridgehead atoms. The van der Waals surface area contributed by atoms with Crippen LogP contribution in [0.2, 0.25) is 0 Å². The van der Waals surface area contributed by atoms with E-state index >= 15 is 0 Å². The second kappa shape index (κ2) is 33.8. The summed E-state index contributed by atoms with van der Waals surface area (Å²) in [6, 6.07) is 68.1. The second-order valence-electron chi connectivity index (χ2n) is 40.4. The Hall–Kier alpha value is -12.9. The van der Waals surface area contributed by atoms with Crippen LogP contribution in [0.15, 0.2) is 216 Å². The van der Waals surface area contributed by atoms with E-state index in [2.05, 4.69) is 272 Å². The number of aromatic nitrogens is 5. The highest BCUT2D eigenvalue weighted by atomic mass is 16.4. The van der Waals surface area contributed by atoms with Crippen LogP contribution in [0.1, 0.15) is 201 Å². The van der Waals surface area contributed by atoms with Gasteiger partial charge < -0.3 is 51.5 Å². The van der Waals surface area contributed by atoms with Crippen LogP contribution in [0.5, 0.6) is 0 Å². The van der Waals surface area contributed by atoms with Crippen LogP contribution in [-0.4, -0.2) is 140 Å². The van der Waals surface area contributed by atoms with Crippen LogP contribution in [0, 0.1) is 69.2 Å². The van der Waals surface area contributed by atoms with Crippen LogP contribution in [0.25, 0.3) is 110 Å². The zero-order valence-corrected chi connectivity index (χ0v) is 81.8. The van der Waals surface area contributed by atoms with E-state index in [0.717, 1.165) is 176 Å². The SMILES string of the molecule is Cc1ccc2c(n1)oc1c(N3C4CC(c5ccccc54)N(C)C3C)c(C)ccc12.Cc1ccc2c(n1)oc1c(N3C4CCC(C4)N(C)C3C)c(C)ccc12.Cc1ccc2c(n1)oc1c(N3C4CCCN(CC4)C3C)c(C)ccc12.[2H]C1([2H])c2ccccc2C2([2H])CCN1C(C)N2c1c(C)ccc2c1oc1nc(C)ccc12.[2H]C1([2H])c2ccccc2N2CCC1N(c1c(C)ccc3c1oc1nc(C)ccc13)C2C. The molecule has 1 saturated carbocycles. The lowest BCUT2D eigenvalue weighted by Gasteiger charge is -2.47. The number of aryl methyl sites for hydroxylation is 10. The highest BCUT2D eigenvalue weighted by Crippen LogP contribution is 2.56. The summed E-state index contributed by atoms with van der Waals surface area (Å²) in [6.45, 7) is 34.0. The van der Waals surface area contributed by atoms with E-state index < -0.39 is 18.9 Å². The molecule has 2 aliphatic carbocycles. The normalized spacial score (nSPS) is 26.1. The van der Waals surface area contributed by atoms with Crippen LogP contribution in [0.4, 0.5) is 34.1 Å². The second-order valence-corrected chi connectivity index (χ2v) is 40.4. The Kier molecular flexibility index (Phi) is 20.1. The van der Waals surface area contributed by atoms with Crippen molar-refractivity contribution < 1.29 is 28.9 Å². The number of para-hydroxylation sites is 1. The van der Waals surface area contributed by atoms with Gasteiger partial charge in [0.25, 0.3) is 0 Å². The molecule has 0 amide bonds. The maximum Gasteiger partial charge on any atom is 0.227 e. The van der Waals surface area contributed by atoms with Crippen molar-refractivity contribution in [3.05, 3.63) is 278 Å². The standard InChI is InChI=1S/3C25H25N3O.2C21H25N3O/c1-14-9-11-19-20-12-10-15(2)26-25(20)29-24(19)23(14)28-16(3)27(4)21-13-22(28)18-8-6-5-7-17(18)21;1-15-8-10-20-21-11-9-16(2)26-25(21)29-24(20)23(15)28-17(3)27-13-12-19(28)14-18-6-4-5-7-22(18)27;1-15-8-10-20-21-11-9-16(2)26-25(21)29-24(20)23(15)28-17(3)27-13-12-22(28)19-7-5-4-6-18(19)14-27;1-12-5-9-17-18-10-6-13(2)22-21(18)25-20(17)19(12)24-14(3)23(4)15-7-8-16(24)11-15;1-13-6-8-17-18-9-7-14(2)22-21(18)25-20(17)19(13)24-15(3)23-11-4-5-16(24)10-12-23/h5-12,16,21-22H,13H2,1-4H3;4-11,17,19H,12-14H2,1-3H3;4-11,17,22H,12-14H2,1-3H3;5-6,9-10,14-16H,7-8,11H2,1-4H3;6-9,15-16H,4-5,10-12H2,1-3H3/i;14D2;14D2,22D;;. The number of benzene rings is 8. The summed E-state index contributed by atoms with van der Waals surface area (Å²) in [7, 11) is 4.52. The molecule has 13 aliphatic rings. The fourth-order valence-electron chi connectivity index (χ4n) is 25.1. The lowest BCUT2D eigenvalue weighted by molar-refractivity contribution is 0.131. The molecular formula is C117H125N15O5. The molecule has 20 nitrogen and oxygen atoms in total. The van der Waals surface area contributed by atoms with E-state index in [0.29, 0.717) is 72.0 Å². The Morgan fingerprint density at radius 3 is 1.15 bits per heavy atom. The predicted molar refractivity (Wildman–Crippen MR) is 557 cm³/mol. The molecule has 8 fully saturated rings. The van der Waals surface area contributed by atoms with Gasteiger partial charge in [-0.2, -0.15) is 0 Å². The molecule has 14 unspecified atom stereocenters. The summed E-state index contributed by atoms with van der Waals surface area (Å²) in [5.41, 5.74) is 30.2. The van der Waals surface area contributed by atoms with Crippen LogP contribution < -0.4 is 29.4 Å². The predicted octanol–water partition coefficient (Wildman–Crippen LogP) is 26.4. The highest BCUT2D eigenvalue weighted by molar-refractivity contribution is 6.13. The molecule has 0 spiro atoms. The number of hydrogen-bond donors (Lipinski definition) is 0. The van der Waals surface area contributed by atoms with Crippen molar-refractivity contribution in [3.63, 3.8) is 0 Å². The van der Waals surface area contributed by atoms with Gasteiger partial charge in [0.15, 0.2) is 27.9 Å². The van der Waals surface area contributed by atoms with Gasteiger partial charge in [-0.3, -0.25) is 19.6 Å². The molecule has 8 aromatic carbocycles. The van der Waals surface area contributed by atoms with E-state index in [1.165, 1.54) is 107 Å². The van der Waals surface area contributed by atoms with Gasteiger partial charge in [0, 0.05) is 156 Å². The molecule has 0 radical (unpaired) electrons. The zero-order chi connectivity index (χ0) is 98.2. The van der Waals surface area contributed by atoms with Crippen molar-refractivity contribution in [1.82, 2.24) is 44.5 Å². The van der Waals surface area contributed by atoms with Crippen LogP contribution in [0.3, 0.4) is 0 Å². The third-order valence-corrected chi connectivity index (χ3v) is 32.3. The largest absolute Gasteiger partial charge is 0.436 e. The smallest absolute Gasteiger partial charge is 0.227 e. The number of rotatable bonds is 5. The molecule has 14 atom stereocenters. The molecule has 0 N–H and O–H groups in total. The van der Waals surface area contributed by atoms with Gasteiger partial charge in [-0.05, 0) is 304 Å². The molecule has 18 aromatic rings. The number of hydrogen-bond acceptors (Lipinski definition) is 20. The minimum Gasteiger partial charge on any atom is -0.436 e. The van der Waals surface area contributed by atoms with Gasteiger partial charge in [0.1, 0.15) is 0 Å². The Labute approximate surface area is 808 Å². The van der Waals surface area contributed by atoms with E-state index in [1.54, 1.807) is 0 Å². The first-order valence-corrected chi connectivity index (χ1v) is 49.7.